The summed E-state index contributed by atoms with van der Waals surface area (Å²) in [6.45, 7) is 2.67. The fraction of sp³-hybridized carbons (Fsp3) is 0.333. The highest BCUT2D eigenvalue weighted by Crippen LogP contribution is 2.40. The number of aromatic amines is 1. The molecule has 0 fully saturated rings. The molecule has 0 radical (unpaired) electrons. The molecular formula is C24H28N2O5. The molecule has 0 aliphatic heterocycles. The van der Waals surface area contributed by atoms with Crippen molar-refractivity contribution in [1.82, 2.24) is 9.78 Å². The number of nitrogens with zero attached hydrogens (tertiary/aromatic N) is 1. The molecule has 0 spiro atoms. The van der Waals surface area contributed by atoms with Gasteiger partial charge >= 0.3 is 5.97 Å². The predicted octanol–water partition coefficient (Wildman–Crippen LogP) is 4.43. The van der Waals surface area contributed by atoms with Gasteiger partial charge in [-0.3, -0.25) is 14.6 Å². The average molecular weight is 424 g/mol. The van der Waals surface area contributed by atoms with E-state index in [1.807, 2.05) is 24.3 Å². The van der Waals surface area contributed by atoms with Crippen LogP contribution in [0.1, 0.15) is 65.9 Å². The molecule has 2 aromatic carbocycles. The standard InChI is InChI=1S/C24H28N2O5/c1-2-20(16-6-10-18(27)11-7-16)21(17-8-12-19(28)13-9-17)5-3-4-14-26-15-22(24(30)31)23(29)25-26/h6-13,15,20-21,27-28H,2-5,14H2,1H3,(H,25,29)(H,30,31)/t20-,21+/m0/s1. The largest absolute Gasteiger partial charge is 0.508 e. The van der Waals surface area contributed by atoms with E-state index in [1.54, 1.807) is 24.3 Å². The van der Waals surface area contributed by atoms with Gasteiger partial charge in [-0.2, -0.15) is 0 Å². The van der Waals surface area contributed by atoms with Crippen LogP contribution in [0, 0.1) is 0 Å². The number of carboxylic acid groups (broad SMARTS) is 1. The summed E-state index contributed by atoms with van der Waals surface area (Å²) >= 11 is 0. The van der Waals surface area contributed by atoms with Gasteiger partial charge in [0, 0.05) is 12.7 Å². The smallest absolute Gasteiger partial charge is 0.342 e. The minimum Gasteiger partial charge on any atom is -0.508 e. The number of phenolic OH excluding ortho intramolecular Hbond substituents is 2. The van der Waals surface area contributed by atoms with Crippen LogP contribution < -0.4 is 5.56 Å². The third kappa shape index (κ3) is 5.57. The van der Waals surface area contributed by atoms with Crippen molar-refractivity contribution in [2.24, 2.45) is 0 Å². The van der Waals surface area contributed by atoms with E-state index < -0.39 is 11.5 Å². The third-order valence-electron chi connectivity index (χ3n) is 5.74. The molecule has 7 heteroatoms. The number of nitrogens with one attached hydrogen (secondary N) is 1. The Balaban J connectivity index is 1.73. The first-order chi connectivity index (χ1) is 14.9. The van der Waals surface area contributed by atoms with Crippen molar-refractivity contribution in [1.29, 1.82) is 0 Å². The molecule has 4 N–H and O–H groups in total. The lowest BCUT2D eigenvalue weighted by molar-refractivity contribution is 0.0695. The van der Waals surface area contributed by atoms with Gasteiger partial charge in [0.2, 0.25) is 0 Å². The van der Waals surface area contributed by atoms with Gasteiger partial charge in [-0.15, -0.1) is 0 Å². The van der Waals surface area contributed by atoms with Gasteiger partial charge in [-0.25, -0.2) is 4.79 Å². The summed E-state index contributed by atoms with van der Waals surface area (Å²) in [6, 6.07) is 14.6. The van der Waals surface area contributed by atoms with Crippen LogP contribution >= 0.6 is 0 Å². The lowest BCUT2D eigenvalue weighted by Crippen LogP contribution is -2.12. The zero-order chi connectivity index (χ0) is 22.4. The van der Waals surface area contributed by atoms with Crippen molar-refractivity contribution in [3.05, 3.63) is 81.8 Å². The van der Waals surface area contributed by atoms with E-state index in [0.717, 1.165) is 36.8 Å². The Morgan fingerprint density at radius 1 is 0.935 bits per heavy atom. The third-order valence-corrected chi connectivity index (χ3v) is 5.74. The maximum atomic E-state index is 11.6. The molecular weight excluding hydrogens is 396 g/mol. The van der Waals surface area contributed by atoms with Crippen LogP contribution in [-0.2, 0) is 6.54 Å². The summed E-state index contributed by atoms with van der Waals surface area (Å²) in [6.07, 6.45) is 4.81. The molecule has 31 heavy (non-hydrogen) atoms. The van der Waals surface area contributed by atoms with Crippen LogP contribution in [0.4, 0.5) is 0 Å². The van der Waals surface area contributed by atoms with Crippen LogP contribution in [-0.4, -0.2) is 31.1 Å². The fourth-order valence-corrected chi connectivity index (χ4v) is 4.15. The molecule has 0 saturated carbocycles. The van der Waals surface area contributed by atoms with E-state index >= 15 is 0 Å². The van der Waals surface area contributed by atoms with Crippen LogP contribution in [0.25, 0.3) is 0 Å². The maximum Gasteiger partial charge on any atom is 0.342 e. The van der Waals surface area contributed by atoms with Crippen molar-refractivity contribution in [2.75, 3.05) is 0 Å². The SMILES string of the molecule is CC[C@@H](c1ccc(O)cc1)[C@H](CCCCn1cc(C(=O)O)c(=O)[nH]1)c1ccc(O)cc1. The molecule has 2 atom stereocenters. The van der Waals surface area contributed by atoms with Gasteiger partial charge < -0.3 is 15.3 Å². The zero-order valence-electron chi connectivity index (χ0n) is 17.5. The number of rotatable bonds is 10. The molecule has 7 nitrogen and oxygen atoms in total. The monoisotopic (exact) mass is 424 g/mol. The van der Waals surface area contributed by atoms with Gasteiger partial charge in [0.15, 0.2) is 0 Å². The number of aromatic hydroxyl groups is 2. The quantitative estimate of drug-likeness (QED) is 0.359. The average Bonchev–Trinajstić information content (AvgIpc) is 3.13. The first-order valence-electron chi connectivity index (χ1n) is 10.5. The second kappa shape index (κ2) is 10.0. The Bertz CT molecular complexity index is 1050. The summed E-state index contributed by atoms with van der Waals surface area (Å²) in [5.41, 5.74) is 1.45. The second-order valence-corrected chi connectivity index (χ2v) is 7.78. The second-order valence-electron chi connectivity index (χ2n) is 7.78. The summed E-state index contributed by atoms with van der Waals surface area (Å²) in [7, 11) is 0. The molecule has 0 saturated heterocycles. The van der Waals surface area contributed by atoms with E-state index in [9.17, 15) is 19.8 Å². The van der Waals surface area contributed by atoms with Crippen molar-refractivity contribution < 1.29 is 20.1 Å². The van der Waals surface area contributed by atoms with Gasteiger partial charge in [0.25, 0.3) is 5.56 Å². The Morgan fingerprint density at radius 3 is 1.97 bits per heavy atom. The lowest BCUT2D eigenvalue weighted by atomic mass is 9.77. The number of hydrogen-bond acceptors (Lipinski definition) is 4. The molecule has 164 valence electrons. The molecule has 3 rings (SSSR count). The number of phenols is 2. The summed E-state index contributed by atoms with van der Waals surface area (Å²) in [4.78, 5) is 22.7. The molecule has 0 unspecified atom stereocenters. The van der Waals surface area contributed by atoms with E-state index in [0.29, 0.717) is 6.54 Å². The van der Waals surface area contributed by atoms with Crippen molar-refractivity contribution in [3.8, 4) is 11.5 Å². The van der Waals surface area contributed by atoms with E-state index in [4.69, 9.17) is 5.11 Å². The number of aromatic carboxylic acids is 1. The molecule has 0 aliphatic rings. The van der Waals surface area contributed by atoms with E-state index in [2.05, 4.69) is 12.0 Å². The zero-order valence-corrected chi connectivity index (χ0v) is 17.5. The maximum absolute atomic E-state index is 11.6. The Morgan fingerprint density at radius 2 is 1.48 bits per heavy atom. The predicted molar refractivity (Wildman–Crippen MR) is 118 cm³/mol. The fourth-order valence-electron chi connectivity index (χ4n) is 4.15. The molecule has 0 bridgehead atoms. The number of aromatic nitrogens is 2. The van der Waals surface area contributed by atoms with Crippen LogP contribution in [0.15, 0.2) is 59.5 Å². The number of hydrogen-bond donors (Lipinski definition) is 4. The molecule has 1 heterocycles. The number of carboxylic acids is 1. The van der Waals surface area contributed by atoms with Gasteiger partial charge in [-0.1, -0.05) is 37.6 Å². The van der Waals surface area contributed by atoms with Crippen LogP contribution in [0.5, 0.6) is 11.5 Å². The van der Waals surface area contributed by atoms with Gasteiger partial charge in [0.1, 0.15) is 17.1 Å². The first kappa shape index (κ1) is 22.2. The molecule has 0 aliphatic carbocycles. The number of unbranched alkanes of at least 4 members (excludes halogenated alkanes) is 1. The number of H-pyrrole nitrogens is 1. The minimum absolute atomic E-state index is 0.216. The van der Waals surface area contributed by atoms with Crippen LogP contribution in [0.3, 0.4) is 0 Å². The summed E-state index contributed by atoms with van der Waals surface area (Å²) in [5.74, 6) is -0.303. The summed E-state index contributed by atoms with van der Waals surface area (Å²) in [5, 5.41) is 30.9. The Kier molecular flexibility index (Phi) is 7.18. The highest BCUT2D eigenvalue weighted by atomic mass is 16.4. The topological polar surface area (TPSA) is 116 Å². The summed E-state index contributed by atoms with van der Waals surface area (Å²) < 4.78 is 1.53. The first-order valence-corrected chi connectivity index (χ1v) is 10.5. The molecule has 3 aromatic rings. The lowest BCUT2D eigenvalue weighted by Gasteiger charge is -2.28. The highest BCUT2D eigenvalue weighted by Gasteiger charge is 2.23. The van der Waals surface area contributed by atoms with Gasteiger partial charge in [-0.05, 0) is 66.5 Å². The van der Waals surface area contributed by atoms with Crippen LogP contribution in [0.2, 0.25) is 0 Å². The van der Waals surface area contributed by atoms with E-state index in [1.165, 1.54) is 10.9 Å². The van der Waals surface area contributed by atoms with Crippen molar-refractivity contribution in [2.45, 2.75) is 51.0 Å². The Hall–Kier alpha value is -3.48. The van der Waals surface area contributed by atoms with Crippen molar-refractivity contribution >= 4 is 5.97 Å². The Labute approximate surface area is 180 Å². The number of aryl methyl sites for hydroxylation is 1. The normalized spacial score (nSPS) is 13.1. The highest BCUT2D eigenvalue weighted by molar-refractivity contribution is 5.86. The number of carbonyl (C=O) groups is 1. The number of benzene rings is 2. The van der Waals surface area contributed by atoms with Gasteiger partial charge in [0.05, 0.1) is 0 Å². The van der Waals surface area contributed by atoms with Crippen molar-refractivity contribution in [3.63, 3.8) is 0 Å². The molecule has 1 aromatic heterocycles. The molecule has 0 amide bonds. The van der Waals surface area contributed by atoms with E-state index in [-0.39, 0.29) is 28.9 Å². The minimum atomic E-state index is -1.23.